The minimum Gasteiger partial charge on any atom is -0.406 e. The van der Waals surface area contributed by atoms with Gasteiger partial charge in [0.25, 0.3) is 0 Å². The Bertz CT molecular complexity index is 663. The average molecular weight is 367 g/mol. The van der Waals surface area contributed by atoms with Crippen LogP contribution < -0.4 is 4.74 Å². The van der Waals surface area contributed by atoms with E-state index in [0.29, 0.717) is 11.8 Å². The standard InChI is InChI=1S/C20H21F4NO/c21-18(14-25)5-3-1-2-4-15-6-8-16(9-7-15)17-10-12-19(13-11-17)26-20(22,23)24/h1,3,5,10-13,15-16H,2,4,6-9H2/t15-,16-. The van der Waals surface area contributed by atoms with Gasteiger partial charge in [0, 0.05) is 0 Å². The summed E-state index contributed by atoms with van der Waals surface area (Å²) in [6, 6.07) is 7.58. The molecular weight excluding hydrogens is 346 g/mol. The van der Waals surface area contributed by atoms with Gasteiger partial charge in [0.2, 0.25) is 0 Å². The number of rotatable bonds is 6. The van der Waals surface area contributed by atoms with Crippen molar-refractivity contribution in [1.82, 2.24) is 0 Å². The van der Waals surface area contributed by atoms with Crippen molar-refractivity contribution in [1.29, 1.82) is 5.26 Å². The largest absolute Gasteiger partial charge is 0.573 e. The molecular formula is C20H21F4NO. The fourth-order valence-electron chi connectivity index (χ4n) is 3.34. The number of hydrogen-bond donors (Lipinski definition) is 0. The Morgan fingerprint density at radius 2 is 1.81 bits per heavy atom. The van der Waals surface area contributed by atoms with Crippen molar-refractivity contribution in [3.8, 4) is 11.8 Å². The van der Waals surface area contributed by atoms with Gasteiger partial charge in [0.15, 0.2) is 5.83 Å². The van der Waals surface area contributed by atoms with Crippen LogP contribution in [-0.4, -0.2) is 6.36 Å². The third kappa shape index (κ3) is 6.91. The summed E-state index contributed by atoms with van der Waals surface area (Å²) in [5, 5.41) is 8.29. The maximum absolute atomic E-state index is 12.6. The number of alkyl halides is 3. The van der Waals surface area contributed by atoms with Gasteiger partial charge in [-0.15, -0.1) is 13.2 Å². The summed E-state index contributed by atoms with van der Waals surface area (Å²) in [6.07, 6.45) is 5.94. The Morgan fingerprint density at radius 1 is 1.15 bits per heavy atom. The summed E-state index contributed by atoms with van der Waals surface area (Å²) in [5.41, 5.74) is 1.05. The Balaban J connectivity index is 1.75. The summed E-state index contributed by atoms with van der Waals surface area (Å²) >= 11 is 0. The van der Waals surface area contributed by atoms with Gasteiger partial charge in [-0.3, -0.25) is 0 Å². The molecule has 0 spiro atoms. The SMILES string of the molecule is N#CC(F)=CC=CCC[C@H]1CC[C@H](c2ccc(OC(F)(F)F)cc2)CC1. The molecule has 2 nitrogen and oxygen atoms in total. The van der Waals surface area contributed by atoms with Crippen molar-refractivity contribution in [3.63, 3.8) is 0 Å². The first-order valence-electron chi connectivity index (χ1n) is 8.65. The highest BCUT2D eigenvalue weighted by atomic mass is 19.4. The fourth-order valence-corrected chi connectivity index (χ4v) is 3.34. The van der Waals surface area contributed by atoms with Crippen LogP contribution in [0.3, 0.4) is 0 Å². The molecule has 0 heterocycles. The first-order valence-corrected chi connectivity index (χ1v) is 8.65. The molecule has 0 unspecified atom stereocenters. The van der Waals surface area contributed by atoms with E-state index in [9.17, 15) is 17.6 Å². The molecule has 140 valence electrons. The zero-order valence-corrected chi connectivity index (χ0v) is 14.3. The van der Waals surface area contributed by atoms with Crippen molar-refractivity contribution >= 4 is 0 Å². The zero-order valence-electron chi connectivity index (χ0n) is 14.3. The normalized spacial score (nSPS) is 21.6. The van der Waals surface area contributed by atoms with E-state index >= 15 is 0 Å². The highest BCUT2D eigenvalue weighted by molar-refractivity contribution is 5.29. The molecule has 6 heteroatoms. The molecule has 0 saturated heterocycles. The first-order chi connectivity index (χ1) is 12.4. The van der Waals surface area contributed by atoms with Gasteiger partial charge in [0.1, 0.15) is 11.8 Å². The molecule has 1 saturated carbocycles. The maximum atomic E-state index is 12.6. The number of hydrogen-bond acceptors (Lipinski definition) is 2. The van der Waals surface area contributed by atoms with Gasteiger partial charge in [-0.2, -0.15) is 9.65 Å². The minimum atomic E-state index is -4.66. The lowest BCUT2D eigenvalue weighted by Gasteiger charge is -2.28. The Labute approximate surface area is 150 Å². The van der Waals surface area contributed by atoms with Gasteiger partial charge < -0.3 is 4.74 Å². The van der Waals surface area contributed by atoms with Crippen LogP contribution in [0.5, 0.6) is 5.75 Å². The van der Waals surface area contributed by atoms with Gasteiger partial charge >= 0.3 is 6.36 Å². The molecule has 1 fully saturated rings. The van der Waals surface area contributed by atoms with Crippen LogP contribution in [0.15, 0.2) is 48.3 Å². The topological polar surface area (TPSA) is 33.0 Å². The number of nitriles is 1. The summed E-state index contributed by atoms with van der Waals surface area (Å²) in [7, 11) is 0. The first kappa shape index (κ1) is 20.0. The second kappa shape index (κ2) is 9.42. The average Bonchev–Trinajstić information content (AvgIpc) is 2.61. The third-order valence-corrected chi connectivity index (χ3v) is 4.66. The van der Waals surface area contributed by atoms with E-state index in [0.717, 1.165) is 50.2 Å². The fraction of sp³-hybridized carbons (Fsp3) is 0.450. The Kier molecular flexibility index (Phi) is 7.26. The molecule has 1 aromatic carbocycles. The van der Waals surface area contributed by atoms with Crippen LogP contribution in [0.25, 0.3) is 0 Å². The molecule has 0 radical (unpaired) electrons. The number of halogens is 4. The maximum Gasteiger partial charge on any atom is 0.573 e. The molecule has 0 atom stereocenters. The molecule has 0 amide bonds. The predicted octanol–water partition coefficient (Wildman–Crippen LogP) is 6.57. The highest BCUT2D eigenvalue weighted by Gasteiger charge is 2.31. The van der Waals surface area contributed by atoms with E-state index in [1.807, 2.05) is 6.08 Å². The molecule has 2 rings (SSSR count). The van der Waals surface area contributed by atoms with Crippen LogP contribution in [-0.2, 0) is 0 Å². The lowest BCUT2D eigenvalue weighted by atomic mass is 9.77. The van der Waals surface area contributed by atoms with E-state index in [2.05, 4.69) is 4.74 Å². The number of ether oxygens (including phenoxy) is 1. The van der Waals surface area contributed by atoms with E-state index in [1.165, 1.54) is 18.2 Å². The van der Waals surface area contributed by atoms with Crippen molar-refractivity contribution in [2.45, 2.75) is 50.8 Å². The Hall–Kier alpha value is -2.29. The second-order valence-corrected chi connectivity index (χ2v) is 6.47. The molecule has 26 heavy (non-hydrogen) atoms. The van der Waals surface area contributed by atoms with Gasteiger partial charge in [-0.05, 0) is 74.1 Å². The molecule has 0 aromatic heterocycles. The van der Waals surface area contributed by atoms with Gasteiger partial charge in [-0.1, -0.05) is 24.3 Å². The van der Waals surface area contributed by atoms with E-state index < -0.39 is 12.2 Å². The quantitative estimate of drug-likeness (QED) is 0.323. The molecule has 0 N–H and O–H groups in total. The van der Waals surface area contributed by atoms with Crippen molar-refractivity contribution in [2.75, 3.05) is 0 Å². The summed E-state index contributed by atoms with van der Waals surface area (Å²) in [5.74, 6) is -0.0140. The predicted molar refractivity (Wildman–Crippen MR) is 91.0 cm³/mol. The lowest BCUT2D eigenvalue weighted by Crippen LogP contribution is -2.17. The van der Waals surface area contributed by atoms with Crippen LogP contribution in [0, 0.1) is 17.2 Å². The van der Waals surface area contributed by atoms with Crippen molar-refractivity contribution in [3.05, 3.63) is 53.9 Å². The van der Waals surface area contributed by atoms with Gasteiger partial charge in [-0.25, -0.2) is 0 Å². The lowest BCUT2D eigenvalue weighted by molar-refractivity contribution is -0.274. The summed E-state index contributed by atoms with van der Waals surface area (Å²) in [4.78, 5) is 0. The van der Waals surface area contributed by atoms with Crippen molar-refractivity contribution in [2.24, 2.45) is 5.92 Å². The Morgan fingerprint density at radius 3 is 2.38 bits per heavy atom. The summed E-state index contributed by atoms with van der Waals surface area (Å²) < 4.78 is 53.1. The molecule has 1 aliphatic rings. The number of nitrogens with zero attached hydrogens (tertiary/aromatic N) is 1. The molecule has 1 aromatic rings. The number of allylic oxidation sites excluding steroid dienone is 4. The third-order valence-electron chi connectivity index (χ3n) is 4.66. The van der Waals surface area contributed by atoms with Crippen LogP contribution in [0.1, 0.15) is 50.0 Å². The molecule has 0 bridgehead atoms. The van der Waals surface area contributed by atoms with E-state index in [-0.39, 0.29) is 5.75 Å². The minimum absolute atomic E-state index is 0.191. The smallest absolute Gasteiger partial charge is 0.406 e. The summed E-state index contributed by atoms with van der Waals surface area (Å²) in [6.45, 7) is 0. The van der Waals surface area contributed by atoms with Gasteiger partial charge in [0.05, 0.1) is 0 Å². The highest BCUT2D eigenvalue weighted by Crippen LogP contribution is 2.38. The zero-order chi connectivity index (χ0) is 19.0. The van der Waals surface area contributed by atoms with Crippen molar-refractivity contribution < 1.29 is 22.3 Å². The van der Waals surface area contributed by atoms with Crippen LogP contribution in [0.2, 0.25) is 0 Å². The molecule has 1 aliphatic carbocycles. The van der Waals surface area contributed by atoms with Crippen LogP contribution in [0.4, 0.5) is 17.6 Å². The van der Waals surface area contributed by atoms with E-state index in [4.69, 9.17) is 5.26 Å². The number of benzene rings is 1. The second-order valence-electron chi connectivity index (χ2n) is 6.47. The van der Waals surface area contributed by atoms with Crippen LogP contribution >= 0.6 is 0 Å². The molecule has 0 aliphatic heterocycles. The monoisotopic (exact) mass is 367 g/mol. The van der Waals surface area contributed by atoms with E-state index in [1.54, 1.807) is 18.2 Å².